The summed E-state index contributed by atoms with van der Waals surface area (Å²) in [6.45, 7) is 2.06. The maximum Gasteiger partial charge on any atom is 0.320 e. The first kappa shape index (κ1) is 14.8. The van der Waals surface area contributed by atoms with E-state index in [4.69, 9.17) is 16.7 Å². The van der Waals surface area contributed by atoms with Crippen LogP contribution in [0.4, 0.5) is 0 Å². The molecule has 3 heterocycles. The lowest BCUT2D eigenvalue weighted by Crippen LogP contribution is -2.43. The van der Waals surface area contributed by atoms with Crippen molar-refractivity contribution in [2.24, 2.45) is 5.41 Å². The summed E-state index contributed by atoms with van der Waals surface area (Å²) in [7, 11) is 0. The summed E-state index contributed by atoms with van der Waals surface area (Å²) in [5.41, 5.74) is 0.0269. The Morgan fingerprint density at radius 3 is 2.67 bits per heavy atom. The third kappa shape index (κ3) is 2.80. The van der Waals surface area contributed by atoms with E-state index >= 15 is 0 Å². The number of thiophene rings is 1. The van der Waals surface area contributed by atoms with Crippen LogP contribution in [0.5, 0.6) is 0 Å². The molecule has 0 unspecified atom stereocenters. The first-order valence-electron chi connectivity index (χ1n) is 6.99. The number of aliphatic carboxylic acids is 1. The molecule has 3 rings (SSSR count). The number of nitrogens with zero attached hydrogens (tertiary/aromatic N) is 1. The van der Waals surface area contributed by atoms with E-state index in [0.717, 1.165) is 19.4 Å². The number of carbonyl (C=O) groups is 2. The number of piperidine rings is 1. The van der Waals surface area contributed by atoms with E-state index in [2.05, 4.69) is 5.32 Å². The minimum Gasteiger partial charge on any atom is -0.480 e. The van der Waals surface area contributed by atoms with Crippen molar-refractivity contribution in [3.8, 4) is 0 Å². The fourth-order valence-corrected chi connectivity index (χ4v) is 4.35. The molecule has 114 valence electrons. The van der Waals surface area contributed by atoms with Crippen LogP contribution >= 0.6 is 22.9 Å². The van der Waals surface area contributed by atoms with Gasteiger partial charge in [0.15, 0.2) is 0 Å². The fourth-order valence-electron chi connectivity index (χ4n) is 3.25. The standard InChI is InChI=1S/C14H17ClN2O3S/c15-9-1-6-21-11(9)12(18)17-4-2-14(3-5-17)7-10(13(19)20)16-8-14/h1,6,10,16H,2-5,7-8H2,(H,19,20)/t10-/m1/s1. The minimum atomic E-state index is -0.782. The van der Waals surface area contributed by atoms with Crippen LogP contribution in [0.15, 0.2) is 11.4 Å². The summed E-state index contributed by atoms with van der Waals surface area (Å²) < 4.78 is 0. The zero-order valence-electron chi connectivity index (χ0n) is 11.5. The highest BCUT2D eigenvalue weighted by Crippen LogP contribution is 2.40. The molecule has 1 atom stereocenters. The van der Waals surface area contributed by atoms with Gasteiger partial charge in [0.1, 0.15) is 10.9 Å². The van der Waals surface area contributed by atoms with E-state index < -0.39 is 12.0 Å². The Labute approximate surface area is 131 Å². The van der Waals surface area contributed by atoms with Crippen molar-refractivity contribution in [1.29, 1.82) is 0 Å². The molecule has 2 aliphatic rings. The first-order valence-corrected chi connectivity index (χ1v) is 8.25. The Kier molecular flexibility index (Phi) is 3.94. The lowest BCUT2D eigenvalue weighted by Gasteiger charge is -2.38. The van der Waals surface area contributed by atoms with Gasteiger partial charge >= 0.3 is 5.97 Å². The van der Waals surface area contributed by atoms with E-state index in [1.165, 1.54) is 11.3 Å². The summed E-state index contributed by atoms with van der Waals surface area (Å²) in [4.78, 5) is 25.9. The van der Waals surface area contributed by atoms with Gasteiger partial charge in [-0.2, -0.15) is 0 Å². The molecular formula is C14H17ClN2O3S. The molecule has 2 aliphatic heterocycles. The number of nitrogens with one attached hydrogen (secondary N) is 1. The first-order chi connectivity index (χ1) is 10.0. The molecule has 1 spiro atoms. The molecule has 0 aromatic carbocycles. The van der Waals surface area contributed by atoms with Gasteiger partial charge in [-0.05, 0) is 36.1 Å². The highest BCUT2D eigenvalue weighted by Gasteiger charge is 2.44. The molecule has 0 aliphatic carbocycles. The average Bonchev–Trinajstić information content (AvgIpc) is 3.06. The smallest absolute Gasteiger partial charge is 0.320 e. The van der Waals surface area contributed by atoms with Gasteiger partial charge in [0.25, 0.3) is 5.91 Å². The Morgan fingerprint density at radius 1 is 1.43 bits per heavy atom. The van der Waals surface area contributed by atoms with Crippen LogP contribution in [0.1, 0.15) is 28.9 Å². The number of carboxylic acids is 1. The Hall–Kier alpha value is -1.11. The van der Waals surface area contributed by atoms with Crippen molar-refractivity contribution >= 4 is 34.8 Å². The highest BCUT2D eigenvalue weighted by molar-refractivity contribution is 7.12. The van der Waals surface area contributed by atoms with Gasteiger partial charge in [0, 0.05) is 19.6 Å². The van der Waals surface area contributed by atoms with Crippen LogP contribution in [0.3, 0.4) is 0 Å². The van der Waals surface area contributed by atoms with Gasteiger partial charge in [-0.3, -0.25) is 9.59 Å². The SMILES string of the molecule is O=C(O)[C@H]1CC2(CCN(C(=O)c3sccc3Cl)CC2)CN1. The molecule has 2 N–H and O–H groups in total. The van der Waals surface area contributed by atoms with Crippen molar-refractivity contribution in [2.75, 3.05) is 19.6 Å². The maximum absolute atomic E-state index is 12.4. The molecule has 1 amide bonds. The van der Waals surface area contributed by atoms with Crippen molar-refractivity contribution in [3.05, 3.63) is 21.3 Å². The third-order valence-corrected chi connectivity index (χ3v) is 5.91. The highest BCUT2D eigenvalue weighted by atomic mass is 35.5. The summed E-state index contributed by atoms with van der Waals surface area (Å²) in [6, 6.07) is 1.29. The zero-order chi connectivity index (χ0) is 15.0. The number of hydrogen-bond donors (Lipinski definition) is 2. The Balaban J connectivity index is 1.62. The number of rotatable bonds is 2. The summed E-state index contributed by atoms with van der Waals surface area (Å²) in [6.07, 6.45) is 2.35. The Morgan fingerprint density at radius 2 is 2.14 bits per heavy atom. The monoisotopic (exact) mass is 328 g/mol. The molecule has 21 heavy (non-hydrogen) atoms. The van der Waals surface area contributed by atoms with Crippen LogP contribution in [-0.2, 0) is 4.79 Å². The number of carboxylic acid groups (broad SMARTS) is 1. The predicted molar refractivity (Wildman–Crippen MR) is 80.9 cm³/mol. The molecule has 0 saturated carbocycles. The van der Waals surface area contributed by atoms with Gasteiger partial charge in [0.2, 0.25) is 0 Å². The molecule has 0 radical (unpaired) electrons. The van der Waals surface area contributed by atoms with E-state index in [1.807, 2.05) is 10.3 Å². The van der Waals surface area contributed by atoms with Crippen LogP contribution in [-0.4, -0.2) is 47.6 Å². The number of amides is 1. The summed E-state index contributed by atoms with van der Waals surface area (Å²) in [5, 5.41) is 14.5. The lowest BCUT2D eigenvalue weighted by molar-refractivity contribution is -0.139. The summed E-state index contributed by atoms with van der Waals surface area (Å²) in [5.74, 6) is -0.790. The number of halogens is 1. The van der Waals surface area contributed by atoms with Gasteiger partial charge in [-0.25, -0.2) is 0 Å². The molecule has 7 heteroatoms. The fraction of sp³-hybridized carbons (Fsp3) is 0.571. The van der Waals surface area contributed by atoms with Crippen LogP contribution < -0.4 is 5.32 Å². The second-order valence-corrected chi connectivity index (χ2v) is 7.19. The van der Waals surface area contributed by atoms with Crippen molar-refractivity contribution in [3.63, 3.8) is 0 Å². The number of hydrogen-bond acceptors (Lipinski definition) is 4. The maximum atomic E-state index is 12.4. The molecule has 1 aromatic heterocycles. The molecule has 0 bridgehead atoms. The van der Waals surface area contributed by atoms with E-state index in [9.17, 15) is 9.59 Å². The largest absolute Gasteiger partial charge is 0.480 e. The summed E-state index contributed by atoms with van der Waals surface area (Å²) >= 11 is 7.38. The molecule has 2 fully saturated rings. The van der Waals surface area contributed by atoms with Gasteiger partial charge in [0.05, 0.1) is 5.02 Å². The average molecular weight is 329 g/mol. The van der Waals surface area contributed by atoms with Gasteiger partial charge in [-0.15, -0.1) is 11.3 Å². The molecule has 1 aromatic rings. The topological polar surface area (TPSA) is 69.6 Å². The van der Waals surface area contributed by atoms with Crippen LogP contribution in [0, 0.1) is 5.41 Å². The van der Waals surface area contributed by atoms with E-state index in [0.29, 0.717) is 29.4 Å². The number of likely N-dealkylation sites (tertiary alicyclic amines) is 1. The molecule has 5 nitrogen and oxygen atoms in total. The normalized spacial score (nSPS) is 24.4. The molecular weight excluding hydrogens is 312 g/mol. The molecule has 2 saturated heterocycles. The third-order valence-electron chi connectivity index (χ3n) is 4.58. The van der Waals surface area contributed by atoms with Gasteiger partial charge < -0.3 is 15.3 Å². The van der Waals surface area contributed by atoms with E-state index in [1.54, 1.807) is 6.07 Å². The Bertz CT molecular complexity index is 566. The van der Waals surface area contributed by atoms with Crippen molar-refractivity contribution in [2.45, 2.75) is 25.3 Å². The zero-order valence-corrected chi connectivity index (χ0v) is 13.0. The van der Waals surface area contributed by atoms with Crippen molar-refractivity contribution < 1.29 is 14.7 Å². The second-order valence-electron chi connectivity index (χ2n) is 5.87. The van der Waals surface area contributed by atoms with Crippen LogP contribution in [0.25, 0.3) is 0 Å². The predicted octanol–water partition coefficient (Wildman–Crippen LogP) is 2.07. The van der Waals surface area contributed by atoms with Crippen molar-refractivity contribution in [1.82, 2.24) is 10.2 Å². The quantitative estimate of drug-likeness (QED) is 0.872. The van der Waals surface area contributed by atoms with Crippen LogP contribution in [0.2, 0.25) is 5.02 Å². The minimum absolute atomic E-state index is 0.00871. The number of carbonyl (C=O) groups excluding carboxylic acids is 1. The van der Waals surface area contributed by atoms with Gasteiger partial charge in [-0.1, -0.05) is 11.6 Å². The lowest BCUT2D eigenvalue weighted by atomic mass is 9.76. The second kappa shape index (κ2) is 5.59. The van der Waals surface area contributed by atoms with E-state index in [-0.39, 0.29) is 11.3 Å².